The number of nitrogens with one attached hydrogen (secondary N) is 1. The quantitative estimate of drug-likeness (QED) is 0.748. The molecule has 1 saturated heterocycles. The number of nitrogens with zero attached hydrogens (tertiary/aromatic N) is 4. The number of fused-ring (bicyclic) bond motifs is 1. The Balaban J connectivity index is 1.94. The molecule has 1 aromatic heterocycles. The molecule has 1 fully saturated rings. The summed E-state index contributed by atoms with van der Waals surface area (Å²) in [7, 11) is 2.04. The predicted molar refractivity (Wildman–Crippen MR) is 68.2 cm³/mol. The summed E-state index contributed by atoms with van der Waals surface area (Å²) >= 11 is 0. The Morgan fingerprint density at radius 1 is 1.44 bits per heavy atom. The third-order valence-corrected chi connectivity index (χ3v) is 3.42. The van der Waals surface area contributed by atoms with Gasteiger partial charge in [-0.1, -0.05) is 11.9 Å². The zero-order valence-corrected chi connectivity index (χ0v) is 11.0. The number of aryl methyl sites for hydroxylation is 1. The largest absolute Gasteiger partial charge is 0.378 e. The molecule has 6 heteroatoms. The maximum absolute atomic E-state index is 5.39. The molecule has 3 rings (SSSR count). The maximum atomic E-state index is 5.39. The first kappa shape index (κ1) is 11.7. The Kier molecular flexibility index (Phi) is 3.05. The van der Waals surface area contributed by atoms with Crippen LogP contribution in [-0.4, -0.2) is 43.3 Å². The van der Waals surface area contributed by atoms with Gasteiger partial charge in [0.15, 0.2) is 6.67 Å². The highest BCUT2D eigenvalue weighted by molar-refractivity contribution is 5.46. The fourth-order valence-electron chi connectivity index (χ4n) is 2.48. The molecular weight excluding hydrogens is 230 g/mol. The Hall–Kier alpha value is -1.40. The maximum Gasteiger partial charge on any atom is 0.245 e. The van der Waals surface area contributed by atoms with Crippen molar-refractivity contribution in [1.29, 1.82) is 0 Å². The Morgan fingerprint density at radius 2 is 2.22 bits per heavy atom. The highest BCUT2D eigenvalue weighted by Crippen LogP contribution is 2.19. The summed E-state index contributed by atoms with van der Waals surface area (Å²) in [6.45, 7) is 6.44. The van der Waals surface area contributed by atoms with Gasteiger partial charge in [0.2, 0.25) is 17.5 Å². The van der Waals surface area contributed by atoms with Gasteiger partial charge in [0.1, 0.15) is 0 Å². The molecular formula is C12H20N5O+. The van der Waals surface area contributed by atoms with E-state index in [0.717, 1.165) is 56.9 Å². The van der Waals surface area contributed by atoms with Crippen LogP contribution < -0.4 is 14.9 Å². The predicted octanol–water partition coefficient (Wildman–Crippen LogP) is -0.00210. The topological polar surface area (TPSA) is 44.5 Å². The summed E-state index contributed by atoms with van der Waals surface area (Å²) in [5.74, 6) is 3.32. The first-order valence-electron chi connectivity index (χ1n) is 6.52. The average molecular weight is 250 g/mol. The summed E-state index contributed by atoms with van der Waals surface area (Å²) in [4.78, 5) is 7.08. The molecule has 0 unspecified atom stereocenters. The van der Waals surface area contributed by atoms with Crippen LogP contribution in [0.1, 0.15) is 12.7 Å². The minimum Gasteiger partial charge on any atom is -0.378 e. The molecule has 6 nitrogen and oxygen atoms in total. The normalized spacial score (nSPS) is 19.8. The minimum atomic E-state index is 0.792. The van der Waals surface area contributed by atoms with Gasteiger partial charge >= 0.3 is 0 Å². The summed E-state index contributed by atoms with van der Waals surface area (Å²) in [6.07, 6.45) is 0.945. The highest BCUT2D eigenvalue weighted by Gasteiger charge is 2.27. The number of hydrogen-bond acceptors (Lipinski definition) is 5. The van der Waals surface area contributed by atoms with E-state index in [1.54, 1.807) is 0 Å². The molecule has 0 radical (unpaired) electrons. The lowest BCUT2D eigenvalue weighted by atomic mass is 10.3. The van der Waals surface area contributed by atoms with Gasteiger partial charge in [-0.15, -0.1) is 5.01 Å². The van der Waals surface area contributed by atoms with Crippen LogP contribution in [0.3, 0.4) is 0 Å². The van der Waals surface area contributed by atoms with Crippen LogP contribution in [0, 0.1) is 0 Å². The molecule has 0 aromatic carbocycles. The van der Waals surface area contributed by atoms with Crippen molar-refractivity contribution in [1.82, 2.24) is 9.99 Å². The highest BCUT2D eigenvalue weighted by atomic mass is 16.5. The Labute approximate surface area is 107 Å². The summed E-state index contributed by atoms with van der Waals surface area (Å²) < 4.78 is 7.62. The van der Waals surface area contributed by atoms with Crippen LogP contribution in [-0.2, 0) is 17.8 Å². The molecule has 1 aromatic rings. The molecule has 18 heavy (non-hydrogen) atoms. The fourth-order valence-corrected chi connectivity index (χ4v) is 2.48. The van der Waals surface area contributed by atoms with Gasteiger partial charge in [-0.2, -0.15) is 0 Å². The van der Waals surface area contributed by atoms with Crippen molar-refractivity contribution in [3.63, 3.8) is 0 Å². The standard InChI is InChI=1S/C12H19N5O/c1-3-10-13-11(16-4-6-18-7-5-16)8-12-14-15(2)9-17(10)12/h8H,3-7,9H2,1-2H3/p+1. The fraction of sp³-hybridized carbons (Fsp3) is 0.667. The molecule has 3 heterocycles. The van der Waals surface area contributed by atoms with Crippen molar-refractivity contribution in [3.8, 4) is 0 Å². The zero-order chi connectivity index (χ0) is 12.5. The molecule has 2 aliphatic rings. The molecule has 98 valence electrons. The van der Waals surface area contributed by atoms with Gasteiger partial charge in [-0.3, -0.25) is 0 Å². The number of hydrogen-bond donors (Lipinski definition) is 1. The van der Waals surface area contributed by atoms with Crippen LogP contribution >= 0.6 is 0 Å². The van der Waals surface area contributed by atoms with Crippen molar-refractivity contribution in [2.75, 3.05) is 43.7 Å². The van der Waals surface area contributed by atoms with Gasteiger partial charge in [0, 0.05) is 26.6 Å². The molecule has 0 saturated carbocycles. The number of rotatable bonds is 2. The molecule has 2 aliphatic heterocycles. The first-order valence-corrected chi connectivity index (χ1v) is 6.52. The molecule has 0 spiro atoms. The number of ether oxygens (including phenoxy) is 1. The molecule has 1 N–H and O–H groups in total. The number of hydrazine groups is 1. The molecule has 0 bridgehead atoms. The molecule has 0 amide bonds. The smallest absolute Gasteiger partial charge is 0.245 e. The number of aromatic nitrogens is 2. The van der Waals surface area contributed by atoms with E-state index in [1.807, 2.05) is 7.05 Å². The second kappa shape index (κ2) is 4.70. The third-order valence-electron chi connectivity index (χ3n) is 3.42. The number of morpholine rings is 1. The second-order valence-electron chi connectivity index (χ2n) is 4.75. The van der Waals surface area contributed by atoms with Crippen molar-refractivity contribution < 1.29 is 9.30 Å². The summed E-state index contributed by atoms with van der Waals surface area (Å²) in [5.41, 5.74) is 3.35. The van der Waals surface area contributed by atoms with E-state index in [2.05, 4.69) is 32.9 Å². The van der Waals surface area contributed by atoms with Crippen LogP contribution in [0.2, 0.25) is 0 Å². The van der Waals surface area contributed by atoms with E-state index < -0.39 is 0 Å². The van der Waals surface area contributed by atoms with Crippen LogP contribution in [0.15, 0.2) is 6.07 Å². The van der Waals surface area contributed by atoms with Crippen LogP contribution in [0.5, 0.6) is 0 Å². The summed E-state index contributed by atoms with van der Waals surface area (Å²) in [5, 5.41) is 2.07. The van der Waals surface area contributed by atoms with Crippen molar-refractivity contribution in [2.45, 2.75) is 20.0 Å². The van der Waals surface area contributed by atoms with Gasteiger partial charge in [0.25, 0.3) is 0 Å². The second-order valence-corrected chi connectivity index (χ2v) is 4.75. The van der Waals surface area contributed by atoms with Crippen LogP contribution in [0.25, 0.3) is 0 Å². The van der Waals surface area contributed by atoms with E-state index in [4.69, 9.17) is 9.72 Å². The Morgan fingerprint density at radius 3 is 2.94 bits per heavy atom. The molecule has 0 aliphatic carbocycles. The van der Waals surface area contributed by atoms with Crippen LogP contribution in [0.4, 0.5) is 11.6 Å². The van der Waals surface area contributed by atoms with Gasteiger partial charge < -0.3 is 9.64 Å². The van der Waals surface area contributed by atoms with E-state index in [9.17, 15) is 0 Å². The first-order chi connectivity index (χ1) is 8.78. The van der Waals surface area contributed by atoms with E-state index in [0.29, 0.717) is 0 Å². The number of anilines is 2. The monoisotopic (exact) mass is 250 g/mol. The SMILES string of the molecule is CCc1nc(N2CCOCC2)cc2[n+]1CN(C)N2. The lowest BCUT2D eigenvalue weighted by molar-refractivity contribution is -0.695. The average Bonchev–Trinajstić information content (AvgIpc) is 2.78. The summed E-state index contributed by atoms with van der Waals surface area (Å²) in [6, 6.07) is 2.13. The lowest BCUT2D eigenvalue weighted by Crippen LogP contribution is -2.42. The van der Waals surface area contributed by atoms with Crippen molar-refractivity contribution in [3.05, 3.63) is 11.9 Å². The third kappa shape index (κ3) is 2.02. The van der Waals surface area contributed by atoms with Crippen molar-refractivity contribution in [2.24, 2.45) is 0 Å². The van der Waals surface area contributed by atoms with Crippen molar-refractivity contribution >= 4 is 11.6 Å². The van der Waals surface area contributed by atoms with Gasteiger partial charge in [0.05, 0.1) is 19.3 Å². The van der Waals surface area contributed by atoms with E-state index in [1.165, 1.54) is 0 Å². The zero-order valence-electron chi connectivity index (χ0n) is 11.0. The molecule has 0 atom stereocenters. The van der Waals surface area contributed by atoms with E-state index >= 15 is 0 Å². The Bertz CT molecular complexity index is 444. The van der Waals surface area contributed by atoms with E-state index in [-0.39, 0.29) is 0 Å². The minimum absolute atomic E-state index is 0.792. The lowest BCUT2D eigenvalue weighted by Gasteiger charge is -2.26. The van der Waals surface area contributed by atoms with Gasteiger partial charge in [-0.25, -0.2) is 9.99 Å². The van der Waals surface area contributed by atoms with Gasteiger partial charge in [-0.05, 0) is 0 Å².